The number of amides is 1. The number of hydrogen-bond donors (Lipinski definition) is 1. The molecule has 1 aromatic heterocycles. The van der Waals surface area contributed by atoms with Gasteiger partial charge in [-0.2, -0.15) is 5.10 Å². The van der Waals surface area contributed by atoms with Crippen molar-refractivity contribution in [3.05, 3.63) is 59.8 Å². The van der Waals surface area contributed by atoms with E-state index in [4.69, 9.17) is 0 Å². The maximum Gasteiger partial charge on any atom is 0.337 e. The molecule has 0 unspecified atom stereocenters. The molecule has 0 atom stereocenters. The van der Waals surface area contributed by atoms with E-state index in [0.717, 1.165) is 10.9 Å². The van der Waals surface area contributed by atoms with Crippen LogP contribution >= 0.6 is 0 Å². The number of carbonyl (C=O) groups excluding carboxylic acids is 2. The fourth-order valence-corrected chi connectivity index (χ4v) is 2.38. The van der Waals surface area contributed by atoms with Crippen molar-refractivity contribution in [1.82, 2.24) is 9.78 Å². The summed E-state index contributed by atoms with van der Waals surface area (Å²) in [6.45, 7) is 0. The van der Waals surface area contributed by atoms with Crippen LogP contribution in [-0.4, -0.2) is 28.8 Å². The van der Waals surface area contributed by atoms with Gasteiger partial charge >= 0.3 is 5.97 Å². The molecule has 1 N–H and O–H groups in total. The van der Waals surface area contributed by atoms with Crippen LogP contribution in [0.4, 0.5) is 5.69 Å². The molecule has 116 valence electrons. The largest absolute Gasteiger partial charge is 0.465 e. The second-order valence-electron chi connectivity index (χ2n) is 5.01. The van der Waals surface area contributed by atoms with Gasteiger partial charge in [-0.3, -0.25) is 9.48 Å². The number of fused-ring (bicyclic) bond motifs is 1. The lowest BCUT2D eigenvalue weighted by Crippen LogP contribution is -2.13. The third-order valence-corrected chi connectivity index (χ3v) is 3.54. The molecule has 3 aromatic rings. The van der Waals surface area contributed by atoms with E-state index in [1.54, 1.807) is 36.0 Å². The number of aromatic nitrogens is 2. The summed E-state index contributed by atoms with van der Waals surface area (Å²) in [6.07, 6.45) is 0. The third-order valence-electron chi connectivity index (χ3n) is 3.54. The third kappa shape index (κ3) is 2.78. The number of benzene rings is 2. The number of ether oxygens (including phenoxy) is 1. The minimum atomic E-state index is -0.418. The van der Waals surface area contributed by atoms with Crippen LogP contribution in [0.5, 0.6) is 0 Å². The molecule has 0 aliphatic carbocycles. The van der Waals surface area contributed by atoms with Crippen LogP contribution in [0, 0.1) is 0 Å². The van der Waals surface area contributed by atoms with Crippen molar-refractivity contribution in [3.63, 3.8) is 0 Å². The van der Waals surface area contributed by atoms with Crippen molar-refractivity contribution in [2.75, 3.05) is 12.4 Å². The Labute approximate surface area is 132 Å². The molecule has 0 bridgehead atoms. The molecule has 6 nitrogen and oxygen atoms in total. The zero-order valence-electron chi connectivity index (χ0n) is 12.7. The second kappa shape index (κ2) is 5.92. The molecular formula is C17H15N3O3. The summed E-state index contributed by atoms with van der Waals surface area (Å²) in [6, 6.07) is 14.0. The quantitative estimate of drug-likeness (QED) is 0.755. The lowest BCUT2D eigenvalue weighted by atomic mass is 10.2. The summed E-state index contributed by atoms with van der Waals surface area (Å²) >= 11 is 0. The summed E-state index contributed by atoms with van der Waals surface area (Å²) < 4.78 is 6.31. The van der Waals surface area contributed by atoms with Crippen molar-refractivity contribution in [1.29, 1.82) is 0 Å². The topological polar surface area (TPSA) is 73.2 Å². The number of methoxy groups -OCH3 is 1. The molecule has 1 amide bonds. The zero-order valence-corrected chi connectivity index (χ0v) is 12.7. The van der Waals surface area contributed by atoms with Crippen LogP contribution in [0.25, 0.3) is 10.9 Å². The van der Waals surface area contributed by atoms with Crippen molar-refractivity contribution in [2.24, 2.45) is 7.05 Å². The first-order chi connectivity index (χ1) is 11.1. The molecule has 0 radical (unpaired) electrons. The molecule has 1 heterocycles. The van der Waals surface area contributed by atoms with Gasteiger partial charge in [0.1, 0.15) is 0 Å². The van der Waals surface area contributed by atoms with Crippen LogP contribution in [0.1, 0.15) is 20.8 Å². The Bertz CT molecular complexity index is 882. The van der Waals surface area contributed by atoms with Gasteiger partial charge in [-0.15, -0.1) is 0 Å². The Morgan fingerprint density at radius 1 is 1.09 bits per heavy atom. The van der Waals surface area contributed by atoms with Crippen molar-refractivity contribution >= 4 is 28.5 Å². The van der Waals surface area contributed by atoms with E-state index in [-0.39, 0.29) is 5.91 Å². The number of nitrogens with one attached hydrogen (secondary N) is 1. The van der Waals surface area contributed by atoms with E-state index in [1.165, 1.54) is 7.11 Å². The number of anilines is 1. The molecular weight excluding hydrogens is 294 g/mol. The Balaban J connectivity index is 1.85. The molecule has 0 saturated heterocycles. The molecule has 0 fully saturated rings. The van der Waals surface area contributed by atoms with Gasteiger partial charge in [0.15, 0.2) is 5.69 Å². The predicted octanol–water partition coefficient (Wildman–Crippen LogP) is 2.61. The minimum absolute atomic E-state index is 0.299. The lowest BCUT2D eigenvalue weighted by molar-refractivity contribution is 0.0600. The smallest absolute Gasteiger partial charge is 0.337 e. The maximum atomic E-state index is 12.4. The highest BCUT2D eigenvalue weighted by atomic mass is 16.5. The number of esters is 1. The van der Waals surface area contributed by atoms with E-state index in [9.17, 15) is 9.59 Å². The van der Waals surface area contributed by atoms with Gasteiger partial charge in [0.25, 0.3) is 5.91 Å². The zero-order chi connectivity index (χ0) is 16.4. The van der Waals surface area contributed by atoms with Gasteiger partial charge in [-0.05, 0) is 30.3 Å². The Morgan fingerprint density at radius 3 is 2.48 bits per heavy atom. The van der Waals surface area contributed by atoms with Crippen molar-refractivity contribution in [3.8, 4) is 0 Å². The fraction of sp³-hybridized carbons (Fsp3) is 0.118. The summed E-state index contributed by atoms with van der Waals surface area (Å²) in [5.41, 5.74) is 2.25. The van der Waals surface area contributed by atoms with Gasteiger partial charge in [-0.25, -0.2) is 4.79 Å². The molecule has 2 aromatic carbocycles. The first-order valence-electron chi connectivity index (χ1n) is 7.01. The van der Waals surface area contributed by atoms with Gasteiger partial charge in [0.05, 0.1) is 18.2 Å². The van der Waals surface area contributed by atoms with Crippen LogP contribution in [-0.2, 0) is 11.8 Å². The summed E-state index contributed by atoms with van der Waals surface area (Å²) in [5, 5.41) is 7.85. The van der Waals surface area contributed by atoms with Crippen molar-refractivity contribution < 1.29 is 14.3 Å². The molecule has 0 aliphatic rings. The molecule has 0 spiro atoms. The number of aryl methyl sites for hydroxylation is 1. The van der Waals surface area contributed by atoms with E-state index in [0.29, 0.717) is 16.9 Å². The molecule has 0 saturated carbocycles. The highest BCUT2D eigenvalue weighted by molar-refractivity contribution is 6.11. The summed E-state index contributed by atoms with van der Waals surface area (Å²) in [7, 11) is 3.12. The van der Waals surface area contributed by atoms with Crippen LogP contribution < -0.4 is 5.32 Å². The molecule has 3 rings (SSSR count). The first kappa shape index (κ1) is 14.8. The lowest BCUT2D eigenvalue weighted by Gasteiger charge is -2.04. The van der Waals surface area contributed by atoms with Gasteiger partial charge in [-0.1, -0.05) is 18.2 Å². The molecule has 6 heteroatoms. The monoisotopic (exact) mass is 309 g/mol. The minimum Gasteiger partial charge on any atom is -0.465 e. The van der Waals surface area contributed by atoms with Gasteiger partial charge in [0, 0.05) is 18.1 Å². The Morgan fingerprint density at radius 2 is 1.78 bits per heavy atom. The van der Waals surface area contributed by atoms with Gasteiger partial charge < -0.3 is 10.1 Å². The van der Waals surface area contributed by atoms with Crippen LogP contribution in [0.2, 0.25) is 0 Å². The fourth-order valence-electron chi connectivity index (χ4n) is 2.38. The van der Waals surface area contributed by atoms with E-state index in [1.807, 2.05) is 24.3 Å². The van der Waals surface area contributed by atoms with Crippen molar-refractivity contribution in [2.45, 2.75) is 0 Å². The van der Waals surface area contributed by atoms with E-state index < -0.39 is 5.97 Å². The number of para-hydroxylation sites is 1. The molecule has 23 heavy (non-hydrogen) atoms. The molecule has 0 aliphatic heterocycles. The number of rotatable bonds is 3. The summed E-state index contributed by atoms with van der Waals surface area (Å²) in [4.78, 5) is 23.8. The number of hydrogen-bond acceptors (Lipinski definition) is 4. The highest BCUT2D eigenvalue weighted by Gasteiger charge is 2.16. The maximum absolute atomic E-state index is 12.4. The van der Waals surface area contributed by atoms with E-state index >= 15 is 0 Å². The SMILES string of the molecule is COC(=O)c1ccc(NC(=O)c2nn(C)c3ccccc23)cc1. The Kier molecular flexibility index (Phi) is 3.80. The predicted molar refractivity (Wildman–Crippen MR) is 86.4 cm³/mol. The average Bonchev–Trinajstić information content (AvgIpc) is 2.92. The second-order valence-corrected chi connectivity index (χ2v) is 5.01. The Hall–Kier alpha value is -3.15. The normalized spacial score (nSPS) is 10.5. The van der Waals surface area contributed by atoms with Crippen LogP contribution in [0.15, 0.2) is 48.5 Å². The summed E-state index contributed by atoms with van der Waals surface area (Å²) in [5.74, 6) is -0.716. The number of nitrogens with zero attached hydrogens (tertiary/aromatic N) is 2. The number of carbonyl (C=O) groups is 2. The van der Waals surface area contributed by atoms with Gasteiger partial charge in [0.2, 0.25) is 0 Å². The standard InChI is InChI=1S/C17H15N3O3/c1-20-14-6-4-3-5-13(14)15(19-20)16(21)18-12-9-7-11(8-10-12)17(22)23-2/h3-10H,1-2H3,(H,18,21). The first-order valence-corrected chi connectivity index (χ1v) is 7.01. The average molecular weight is 309 g/mol. The van der Waals surface area contributed by atoms with E-state index in [2.05, 4.69) is 15.2 Å². The van der Waals surface area contributed by atoms with Crippen LogP contribution in [0.3, 0.4) is 0 Å². The highest BCUT2D eigenvalue weighted by Crippen LogP contribution is 2.19.